The van der Waals surface area contributed by atoms with Gasteiger partial charge in [-0.1, -0.05) is 6.42 Å². The fourth-order valence-electron chi connectivity index (χ4n) is 2.41. The van der Waals surface area contributed by atoms with Crippen molar-refractivity contribution in [3.8, 4) is 0 Å². The van der Waals surface area contributed by atoms with Gasteiger partial charge < -0.3 is 5.32 Å². The lowest BCUT2D eigenvalue weighted by Gasteiger charge is -2.22. The van der Waals surface area contributed by atoms with Crippen LogP contribution in [0.4, 0.5) is 0 Å². The number of thiophene rings is 1. The van der Waals surface area contributed by atoms with Crippen molar-refractivity contribution in [1.29, 1.82) is 0 Å². The van der Waals surface area contributed by atoms with Crippen LogP contribution < -0.4 is 5.32 Å². The largest absolute Gasteiger partial charge is 0.317 e. The lowest BCUT2D eigenvalue weighted by molar-refractivity contribution is 0.462. The maximum Gasteiger partial charge on any atom is 0.0105 e. The summed E-state index contributed by atoms with van der Waals surface area (Å²) in [6.07, 6.45) is 5.42. The first-order valence-corrected chi connectivity index (χ1v) is 6.44. The minimum Gasteiger partial charge on any atom is -0.317 e. The zero-order chi connectivity index (χ0) is 9.97. The topological polar surface area (TPSA) is 12.0 Å². The van der Waals surface area contributed by atoms with Crippen LogP contribution in [0.25, 0.3) is 0 Å². The predicted molar refractivity (Wildman–Crippen MR) is 63.1 cm³/mol. The van der Waals surface area contributed by atoms with Crippen molar-refractivity contribution in [2.75, 3.05) is 7.05 Å². The Morgan fingerprint density at radius 1 is 1.50 bits per heavy atom. The lowest BCUT2D eigenvalue weighted by atomic mass is 9.90. The maximum atomic E-state index is 3.40. The molecule has 2 rings (SSSR count). The summed E-state index contributed by atoms with van der Waals surface area (Å²) in [5.74, 6) is 0.740. The Labute approximate surface area is 90.5 Å². The van der Waals surface area contributed by atoms with Crippen LogP contribution in [0, 0.1) is 0 Å². The molecule has 0 bridgehead atoms. The second kappa shape index (κ2) is 4.45. The van der Waals surface area contributed by atoms with Crippen molar-refractivity contribution >= 4 is 11.3 Å². The number of aryl methyl sites for hydroxylation is 1. The van der Waals surface area contributed by atoms with E-state index in [9.17, 15) is 0 Å². The normalized spacial score (nSPS) is 24.0. The Morgan fingerprint density at radius 3 is 3.14 bits per heavy atom. The van der Waals surface area contributed by atoms with Gasteiger partial charge in [0.15, 0.2) is 0 Å². The summed E-state index contributed by atoms with van der Waals surface area (Å²) in [5.41, 5.74) is 1.62. The number of hydrogen-bond acceptors (Lipinski definition) is 2. The van der Waals surface area contributed by atoms with Crippen molar-refractivity contribution in [2.24, 2.45) is 0 Å². The molecule has 2 atom stereocenters. The number of nitrogens with one attached hydrogen (secondary N) is 1. The average Bonchev–Trinajstić information content (AvgIpc) is 2.57. The van der Waals surface area contributed by atoms with E-state index in [0.29, 0.717) is 6.04 Å². The molecule has 1 aliphatic rings. The third-order valence-electron chi connectivity index (χ3n) is 3.41. The molecule has 0 amide bonds. The monoisotopic (exact) mass is 209 g/mol. The van der Waals surface area contributed by atoms with E-state index in [1.165, 1.54) is 25.7 Å². The minimum atomic E-state index is 0.612. The summed E-state index contributed by atoms with van der Waals surface area (Å²) >= 11 is 1.94. The first-order chi connectivity index (χ1) is 6.83. The van der Waals surface area contributed by atoms with Gasteiger partial charge in [-0.2, -0.15) is 0 Å². The molecular weight excluding hydrogens is 190 g/mol. The third kappa shape index (κ3) is 1.86. The molecule has 0 aliphatic heterocycles. The van der Waals surface area contributed by atoms with E-state index < -0.39 is 0 Å². The van der Waals surface area contributed by atoms with Crippen LogP contribution in [-0.4, -0.2) is 13.1 Å². The van der Waals surface area contributed by atoms with Crippen LogP contribution in [0.15, 0.2) is 11.4 Å². The van der Waals surface area contributed by atoms with Gasteiger partial charge in [0.1, 0.15) is 0 Å². The van der Waals surface area contributed by atoms with E-state index in [4.69, 9.17) is 0 Å². The van der Waals surface area contributed by atoms with Gasteiger partial charge in [-0.3, -0.25) is 0 Å². The Balaban J connectivity index is 2.26. The predicted octanol–water partition coefficient (Wildman–Crippen LogP) is 3.17. The molecule has 1 N–H and O–H groups in total. The highest BCUT2D eigenvalue weighted by atomic mass is 32.1. The smallest absolute Gasteiger partial charge is 0.0105 e. The van der Waals surface area contributed by atoms with Gasteiger partial charge in [-0.25, -0.2) is 0 Å². The van der Waals surface area contributed by atoms with Crippen LogP contribution in [0.5, 0.6) is 0 Å². The van der Waals surface area contributed by atoms with Crippen LogP contribution in [0.2, 0.25) is 0 Å². The fraction of sp³-hybridized carbons (Fsp3) is 0.667. The molecule has 0 radical (unpaired) electrons. The van der Waals surface area contributed by atoms with Gasteiger partial charge in [0.05, 0.1) is 0 Å². The van der Waals surface area contributed by atoms with Gasteiger partial charge in [-0.15, -0.1) is 11.3 Å². The highest BCUT2D eigenvalue weighted by molar-refractivity contribution is 7.10. The van der Waals surface area contributed by atoms with E-state index in [1.807, 2.05) is 11.3 Å². The molecule has 0 spiro atoms. The van der Waals surface area contributed by atoms with Gasteiger partial charge in [0.25, 0.3) is 0 Å². The molecule has 1 aliphatic carbocycles. The highest BCUT2D eigenvalue weighted by Gasteiger charge is 2.23. The van der Waals surface area contributed by atoms with Gasteiger partial charge in [-0.05, 0) is 50.2 Å². The van der Waals surface area contributed by atoms with E-state index in [-0.39, 0.29) is 0 Å². The van der Waals surface area contributed by atoms with Crippen LogP contribution in [-0.2, 0) is 6.42 Å². The van der Waals surface area contributed by atoms with Crippen molar-refractivity contribution in [2.45, 2.75) is 44.6 Å². The molecule has 0 saturated heterocycles. The van der Waals surface area contributed by atoms with Crippen LogP contribution in [0.1, 0.15) is 42.5 Å². The molecule has 0 fully saturated rings. The maximum absolute atomic E-state index is 3.40. The number of likely N-dealkylation sites (N-methyl/N-ethyl adjacent to an activating group) is 1. The van der Waals surface area contributed by atoms with E-state index >= 15 is 0 Å². The van der Waals surface area contributed by atoms with E-state index in [0.717, 1.165) is 5.92 Å². The Morgan fingerprint density at radius 2 is 2.36 bits per heavy atom. The standard InChI is InChI=1S/C12H19NS/c1-9(13-2)10-5-3-4-6-12-11(10)7-8-14-12/h7-10,13H,3-6H2,1-2H3. The molecule has 14 heavy (non-hydrogen) atoms. The first kappa shape index (κ1) is 10.2. The summed E-state index contributed by atoms with van der Waals surface area (Å²) in [6, 6.07) is 2.95. The van der Waals surface area contributed by atoms with Crippen LogP contribution in [0.3, 0.4) is 0 Å². The summed E-state index contributed by atoms with van der Waals surface area (Å²) < 4.78 is 0. The summed E-state index contributed by atoms with van der Waals surface area (Å²) in [5, 5.41) is 5.65. The summed E-state index contributed by atoms with van der Waals surface area (Å²) in [4.78, 5) is 1.63. The zero-order valence-electron chi connectivity index (χ0n) is 9.05. The van der Waals surface area contributed by atoms with Gasteiger partial charge in [0.2, 0.25) is 0 Å². The summed E-state index contributed by atoms with van der Waals surface area (Å²) in [7, 11) is 2.07. The Kier molecular flexibility index (Phi) is 3.24. The molecule has 2 unspecified atom stereocenters. The van der Waals surface area contributed by atoms with E-state index in [1.54, 1.807) is 10.4 Å². The third-order valence-corrected chi connectivity index (χ3v) is 4.40. The van der Waals surface area contributed by atoms with E-state index in [2.05, 4.69) is 30.7 Å². The number of fused-ring (bicyclic) bond motifs is 1. The molecule has 1 aromatic heterocycles. The average molecular weight is 209 g/mol. The Hall–Kier alpha value is -0.340. The summed E-state index contributed by atoms with van der Waals surface area (Å²) in [6.45, 7) is 2.30. The minimum absolute atomic E-state index is 0.612. The lowest BCUT2D eigenvalue weighted by Crippen LogP contribution is -2.28. The Bertz CT molecular complexity index is 292. The second-order valence-corrected chi connectivity index (χ2v) is 5.23. The molecular formula is C12H19NS. The molecule has 0 saturated carbocycles. The first-order valence-electron chi connectivity index (χ1n) is 5.56. The molecule has 1 aromatic rings. The second-order valence-electron chi connectivity index (χ2n) is 4.23. The molecule has 1 nitrogen and oxygen atoms in total. The highest BCUT2D eigenvalue weighted by Crippen LogP contribution is 2.35. The number of hydrogen-bond donors (Lipinski definition) is 1. The molecule has 0 aromatic carbocycles. The zero-order valence-corrected chi connectivity index (χ0v) is 9.86. The van der Waals surface area contributed by atoms with Crippen molar-refractivity contribution in [1.82, 2.24) is 5.32 Å². The van der Waals surface area contributed by atoms with Crippen molar-refractivity contribution in [3.63, 3.8) is 0 Å². The molecule has 2 heteroatoms. The van der Waals surface area contributed by atoms with Crippen LogP contribution >= 0.6 is 11.3 Å². The molecule has 1 heterocycles. The van der Waals surface area contributed by atoms with Crippen molar-refractivity contribution < 1.29 is 0 Å². The number of rotatable bonds is 2. The molecule has 78 valence electrons. The van der Waals surface area contributed by atoms with Gasteiger partial charge in [0, 0.05) is 16.8 Å². The van der Waals surface area contributed by atoms with Gasteiger partial charge >= 0.3 is 0 Å². The quantitative estimate of drug-likeness (QED) is 0.738. The SMILES string of the molecule is CNC(C)C1CCCCc2sccc21. The van der Waals surface area contributed by atoms with Crippen molar-refractivity contribution in [3.05, 3.63) is 21.9 Å². The fourth-order valence-corrected chi connectivity index (χ4v) is 3.41.